The van der Waals surface area contributed by atoms with Gasteiger partial charge in [0.2, 0.25) is 0 Å². The minimum atomic E-state index is 0. The predicted molar refractivity (Wildman–Crippen MR) is 133 cm³/mol. The van der Waals surface area contributed by atoms with E-state index in [1.165, 1.54) is 0 Å². The van der Waals surface area contributed by atoms with E-state index >= 15 is 0 Å². The van der Waals surface area contributed by atoms with Crippen molar-refractivity contribution in [3.05, 3.63) is 29.8 Å². The minimum absolute atomic E-state index is 0. The molecule has 0 aliphatic heterocycles. The predicted octanol–water partition coefficient (Wildman–Crippen LogP) is 3.49. The first-order valence-corrected chi connectivity index (χ1v) is 10.5. The maximum absolute atomic E-state index is 9.41. The van der Waals surface area contributed by atoms with Gasteiger partial charge in [-0.1, -0.05) is 26.0 Å². The second-order valence-electron chi connectivity index (χ2n) is 7.53. The van der Waals surface area contributed by atoms with Gasteiger partial charge in [-0.15, -0.1) is 24.0 Å². The average molecular weight is 521 g/mol. The monoisotopic (exact) mass is 520 g/mol. The van der Waals surface area contributed by atoms with Crippen molar-refractivity contribution in [1.29, 1.82) is 0 Å². The summed E-state index contributed by atoms with van der Waals surface area (Å²) >= 11 is 0. The first-order valence-electron chi connectivity index (χ1n) is 10.5. The van der Waals surface area contributed by atoms with E-state index in [2.05, 4.69) is 48.4 Å². The molecule has 0 aliphatic carbocycles. The Morgan fingerprint density at radius 1 is 1.17 bits per heavy atom. The number of likely N-dealkylation sites (N-methyl/N-ethyl adjacent to an activating group) is 1. The smallest absolute Gasteiger partial charge is 0.191 e. The molecule has 1 aromatic rings. The third-order valence-electron chi connectivity index (χ3n) is 5.24. The van der Waals surface area contributed by atoms with E-state index in [4.69, 9.17) is 9.73 Å². The van der Waals surface area contributed by atoms with E-state index in [0.717, 1.165) is 56.2 Å². The van der Waals surface area contributed by atoms with Gasteiger partial charge >= 0.3 is 0 Å². The maximum atomic E-state index is 9.41. The first kappa shape index (κ1) is 27.9. The Morgan fingerprint density at radius 2 is 1.90 bits per heavy atom. The molecule has 0 unspecified atom stereocenters. The number of guanidine groups is 1. The summed E-state index contributed by atoms with van der Waals surface area (Å²) in [6, 6.07) is 8.12. The number of ether oxygens (including phenoxy) is 1. The third-order valence-corrected chi connectivity index (χ3v) is 5.24. The lowest BCUT2D eigenvalue weighted by atomic mass is 9.79. The van der Waals surface area contributed by atoms with Crippen LogP contribution in [0.15, 0.2) is 29.3 Å². The second-order valence-corrected chi connectivity index (χ2v) is 7.53. The van der Waals surface area contributed by atoms with Gasteiger partial charge < -0.3 is 25.4 Å². The number of benzene rings is 1. The fourth-order valence-electron chi connectivity index (χ4n) is 3.04. The number of aliphatic hydroxyl groups excluding tert-OH is 1. The summed E-state index contributed by atoms with van der Waals surface area (Å²) < 4.78 is 5.81. The molecule has 7 heteroatoms. The number of halogens is 1. The zero-order valence-corrected chi connectivity index (χ0v) is 21.2. The van der Waals surface area contributed by atoms with Gasteiger partial charge in [-0.05, 0) is 63.4 Å². The molecule has 1 rings (SSSR count). The number of aliphatic imine (C=N–C) groups is 1. The molecular formula is C22H41IN4O2. The van der Waals surface area contributed by atoms with Crippen LogP contribution in [0.4, 0.5) is 0 Å². The summed E-state index contributed by atoms with van der Waals surface area (Å²) in [7, 11) is 4.08. The molecule has 0 saturated heterocycles. The van der Waals surface area contributed by atoms with Crippen molar-refractivity contribution in [2.24, 2.45) is 10.4 Å². The molecule has 29 heavy (non-hydrogen) atoms. The lowest BCUT2D eigenvalue weighted by molar-refractivity contribution is 0.169. The molecule has 0 atom stereocenters. The molecule has 3 N–H and O–H groups in total. The van der Waals surface area contributed by atoms with Crippen LogP contribution >= 0.6 is 24.0 Å². The molecule has 168 valence electrons. The highest BCUT2D eigenvalue weighted by molar-refractivity contribution is 14.0. The molecule has 6 nitrogen and oxygen atoms in total. The quantitative estimate of drug-likeness (QED) is 0.211. The van der Waals surface area contributed by atoms with Gasteiger partial charge in [0.1, 0.15) is 12.4 Å². The van der Waals surface area contributed by atoms with Crippen LogP contribution in [0.2, 0.25) is 0 Å². The molecule has 0 saturated carbocycles. The molecule has 0 aromatic heterocycles. The third kappa shape index (κ3) is 11.1. The van der Waals surface area contributed by atoms with Crippen LogP contribution in [0, 0.1) is 5.41 Å². The number of nitrogens with one attached hydrogen (secondary N) is 2. The van der Waals surface area contributed by atoms with Crippen LogP contribution in [0.5, 0.6) is 5.75 Å². The molecule has 1 aromatic carbocycles. The molecule has 0 aliphatic rings. The summed E-state index contributed by atoms with van der Waals surface area (Å²) in [5.74, 6) is 1.69. The van der Waals surface area contributed by atoms with Crippen molar-refractivity contribution in [3.63, 3.8) is 0 Å². The van der Waals surface area contributed by atoms with Crippen LogP contribution < -0.4 is 15.4 Å². The van der Waals surface area contributed by atoms with E-state index in [-0.39, 0.29) is 36.0 Å². The Labute approximate surface area is 194 Å². The van der Waals surface area contributed by atoms with Crippen molar-refractivity contribution in [2.45, 2.75) is 46.6 Å². The molecule has 0 radical (unpaired) electrons. The van der Waals surface area contributed by atoms with Crippen LogP contribution in [0.25, 0.3) is 0 Å². The van der Waals surface area contributed by atoms with Crippen molar-refractivity contribution < 1.29 is 9.84 Å². The van der Waals surface area contributed by atoms with Crippen molar-refractivity contribution in [1.82, 2.24) is 15.5 Å². The zero-order valence-electron chi connectivity index (χ0n) is 18.8. The van der Waals surface area contributed by atoms with E-state index in [1.54, 1.807) is 0 Å². The maximum Gasteiger partial charge on any atom is 0.191 e. The summed E-state index contributed by atoms with van der Waals surface area (Å²) in [6.07, 6.45) is 2.87. The first-order chi connectivity index (χ1) is 13.5. The molecular weight excluding hydrogens is 479 g/mol. The summed E-state index contributed by atoms with van der Waals surface area (Å²) in [5, 5.41) is 16.2. The van der Waals surface area contributed by atoms with Gasteiger partial charge in [0.15, 0.2) is 5.96 Å². The van der Waals surface area contributed by atoms with Gasteiger partial charge in [0.05, 0.1) is 6.54 Å². The Morgan fingerprint density at radius 3 is 2.48 bits per heavy atom. The second kappa shape index (κ2) is 15.7. The molecule has 0 spiro atoms. The fourth-order valence-corrected chi connectivity index (χ4v) is 3.04. The lowest BCUT2D eigenvalue weighted by Gasteiger charge is -2.32. The summed E-state index contributed by atoms with van der Waals surface area (Å²) in [4.78, 5) is 6.84. The number of rotatable bonds is 13. The van der Waals surface area contributed by atoms with Crippen molar-refractivity contribution >= 4 is 29.9 Å². The largest absolute Gasteiger partial charge is 0.492 e. The molecule has 0 bridgehead atoms. The van der Waals surface area contributed by atoms with E-state index < -0.39 is 0 Å². The lowest BCUT2D eigenvalue weighted by Crippen LogP contribution is -2.43. The van der Waals surface area contributed by atoms with Crippen molar-refractivity contribution in [3.8, 4) is 5.75 Å². The number of hydrogen-bond donors (Lipinski definition) is 3. The van der Waals surface area contributed by atoms with Gasteiger partial charge in [0.25, 0.3) is 0 Å². The molecule has 0 heterocycles. The van der Waals surface area contributed by atoms with E-state index in [1.807, 2.05) is 26.2 Å². The highest BCUT2D eigenvalue weighted by Gasteiger charge is 2.25. The van der Waals surface area contributed by atoms with E-state index in [0.29, 0.717) is 13.2 Å². The average Bonchev–Trinajstić information content (AvgIpc) is 2.69. The summed E-state index contributed by atoms with van der Waals surface area (Å²) in [6.45, 7) is 10.4. The topological polar surface area (TPSA) is 69.1 Å². The minimum Gasteiger partial charge on any atom is -0.492 e. The molecule has 0 amide bonds. The standard InChI is InChI=1S/C22H40N4O2.HI/c1-6-22(7-2,12-14-27)18-25-21(23-8-3)24-17-19-10-9-11-20(16-19)28-15-13-26(4)5;/h9-11,16,27H,6-8,12-15,17-18H2,1-5H3,(H2,23,24,25);1H. The van der Waals surface area contributed by atoms with Crippen LogP contribution in [0.3, 0.4) is 0 Å². The van der Waals surface area contributed by atoms with Crippen LogP contribution in [-0.2, 0) is 6.54 Å². The Bertz CT molecular complexity index is 578. The Balaban J connectivity index is 0.00000784. The van der Waals surface area contributed by atoms with E-state index in [9.17, 15) is 5.11 Å². The SMILES string of the molecule is CCNC(=NCc1cccc(OCCN(C)C)c1)NCC(CC)(CC)CCO.I. The fraction of sp³-hybridized carbons (Fsp3) is 0.682. The zero-order chi connectivity index (χ0) is 20.8. The molecule has 0 fully saturated rings. The van der Waals surface area contributed by atoms with Gasteiger partial charge in [-0.2, -0.15) is 0 Å². The normalized spacial score (nSPS) is 11.9. The van der Waals surface area contributed by atoms with Crippen LogP contribution in [-0.4, -0.2) is 62.9 Å². The number of aliphatic hydroxyl groups is 1. The Kier molecular flexibility index (Phi) is 15.2. The van der Waals surface area contributed by atoms with Crippen LogP contribution in [0.1, 0.15) is 45.6 Å². The van der Waals surface area contributed by atoms with Gasteiger partial charge in [-0.25, -0.2) is 4.99 Å². The highest BCUT2D eigenvalue weighted by atomic mass is 127. The number of hydrogen-bond acceptors (Lipinski definition) is 4. The van der Waals surface area contributed by atoms with Gasteiger partial charge in [-0.3, -0.25) is 0 Å². The Hall–Kier alpha value is -1.06. The van der Waals surface area contributed by atoms with Gasteiger partial charge in [0, 0.05) is 26.2 Å². The highest BCUT2D eigenvalue weighted by Crippen LogP contribution is 2.29. The summed E-state index contributed by atoms with van der Waals surface area (Å²) in [5.41, 5.74) is 1.22. The van der Waals surface area contributed by atoms with Crippen molar-refractivity contribution in [2.75, 3.05) is 46.9 Å². The number of nitrogens with zero attached hydrogens (tertiary/aromatic N) is 2.